The molecule has 0 radical (unpaired) electrons. The van der Waals surface area contributed by atoms with Gasteiger partial charge >= 0.3 is 5.97 Å². The lowest BCUT2D eigenvalue weighted by molar-refractivity contribution is -0.143. The lowest BCUT2D eigenvalue weighted by Gasteiger charge is -1.98. The summed E-state index contributed by atoms with van der Waals surface area (Å²) in [7, 11) is 0. The van der Waals surface area contributed by atoms with Gasteiger partial charge in [0.15, 0.2) is 0 Å². The van der Waals surface area contributed by atoms with Crippen LogP contribution < -0.4 is 0 Å². The molecule has 0 fully saturated rings. The number of esters is 1. The van der Waals surface area contributed by atoms with Gasteiger partial charge in [0.05, 0.1) is 19.0 Å². The quantitative estimate of drug-likeness (QED) is 0.456. The van der Waals surface area contributed by atoms with Crippen molar-refractivity contribution in [3.8, 4) is 0 Å². The molecule has 0 atom stereocenters. The van der Waals surface area contributed by atoms with Gasteiger partial charge in [0, 0.05) is 24.7 Å². The van der Waals surface area contributed by atoms with Crippen LogP contribution in [0.3, 0.4) is 0 Å². The van der Waals surface area contributed by atoms with Crippen molar-refractivity contribution in [3.63, 3.8) is 0 Å². The van der Waals surface area contributed by atoms with Crippen LogP contribution >= 0.6 is 0 Å². The summed E-state index contributed by atoms with van der Waals surface area (Å²) in [5.41, 5.74) is 0.908. The van der Waals surface area contributed by atoms with Gasteiger partial charge in [-0.05, 0) is 19.4 Å². The molecule has 0 saturated heterocycles. The Bertz CT molecular complexity index is 340. The number of aromatic nitrogens is 2. The van der Waals surface area contributed by atoms with Gasteiger partial charge in [-0.2, -0.15) is 10.2 Å². The zero-order chi connectivity index (χ0) is 15.6. The van der Waals surface area contributed by atoms with E-state index in [2.05, 4.69) is 15.2 Å². The highest BCUT2D eigenvalue weighted by Crippen LogP contribution is 1.94. The molecule has 0 aliphatic rings. The Morgan fingerprint density at radius 2 is 2.00 bits per heavy atom. The van der Waals surface area contributed by atoms with Crippen LogP contribution in [0.4, 0.5) is 0 Å². The predicted octanol–water partition coefficient (Wildman–Crippen LogP) is 3.29. The fourth-order valence-electron chi connectivity index (χ4n) is 1.10. The number of hydrogen-bond donors (Lipinski definition) is 0. The van der Waals surface area contributed by atoms with Gasteiger partial charge in [0.2, 0.25) is 0 Å². The number of carbonyl (C=O) groups is 1. The topological polar surface area (TPSA) is 64.4 Å². The van der Waals surface area contributed by atoms with E-state index in [0.717, 1.165) is 5.56 Å². The van der Waals surface area contributed by atoms with E-state index in [0.29, 0.717) is 26.0 Å². The third-order valence-electron chi connectivity index (χ3n) is 1.82. The van der Waals surface area contributed by atoms with Gasteiger partial charge in [0.25, 0.3) is 0 Å². The lowest BCUT2D eigenvalue weighted by Crippen LogP contribution is -2.04. The fourth-order valence-corrected chi connectivity index (χ4v) is 1.10. The molecule has 0 saturated carbocycles. The number of hydrogen-bond acceptors (Lipinski definition) is 5. The maximum absolute atomic E-state index is 11.0. The van der Waals surface area contributed by atoms with E-state index in [1.165, 1.54) is 0 Å². The van der Waals surface area contributed by atoms with E-state index in [-0.39, 0.29) is 5.97 Å². The van der Waals surface area contributed by atoms with Crippen LogP contribution in [-0.4, -0.2) is 35.5 Å². The third-order valence-corrected chi connectivity index (χ3v) is 1.82. The van der Waals surface area contributed by atoms with E-state index in [9.17, 15) is 4.79 Å². The summed E-state index contributed by atoms with van der Waals surface area (Å²) < 4.78 is 4.80. The van der Waals surface area contributed by atoms with E-state index in [1.54, 1.807) is 25.5 Å². The SMILES string of the molecule is CC.CC.CCOC(=O)CCCN=Cc1ccnnc1. The van der Waals surface area contributed by atoms with E-state index < -0.39 is 0 Å². The van der Waals surface area contributed by atoms with Crippen molar-refractivity contribution in [2.45, 2.75) is 47.5 Å². The Morgan fingerprint density at radius 1 is 1.30 bits per heavy atom. The van der Waals surface area contributed by atoms with E-state index >= 15 is 0 Å². The Kier molecular flexibility index (Phi) is 17.7. The molecule has 0 amide bonds. The molecule has 5 nitrogen and oxygen atoms in total. The van der Waals surface area contributed by atoms with Crippen molar-refractivity contribution < 1.29 is 9.53 Å². The lowest BCUT2D eigenvalue weighted by atomic mass is 10.3. The van der Waals surface area contributed by atoms with Crippen LogP contribution in [0.15, 0.2) is 23.5 Å². The van der Waals surface area contributed by atoms with Crippen molar-refractivity contribution in [2.24, 2.45) is 4.99 Å². The van der Waals surface area contributed by atoms with Gasteiger partial charge in [-0.15, -0.1) is 0 Å². The van der Waals surface area contributed by atoms with Crippen molar-refractivity contribution in [1.29, 1.82) is 0 Å². The molecule has 0 aliphatic carbocycles. The zero-order valence-corrected chi connectivity index (χ0v) is 13.3. The number of nitrogens with zero attached hydrogens (tertiary/aromatic N) is 3. The molecule has 1 rings (SSSR count). The van der Waals surface area contributed by atoms with Crippen LogP contribution in [0.5, 0.6) is 0 Å². The second-order valence-corrected chi connectivity index (χ2v) is 3.12. The first-order chi connectivity index (χ1) is 9.83. The fraction of sp³-hybridized carbons (Fsp3) is 0.600. The molecule has 1 aromatic rings. The molecule has 0 spiro atoms. The normalized spacial score (nSPS) is 9.05. The molecule has 114 valence electrons. The van der Waals surface area contributed by atoms with Crippen LogP contribution in [0, 0.1) is 0 Å². The van der Waals surface area contributed by atoms with Crippen LogP contribution in [0.2, 0.25) is 0 Å². The summed E-state index contributed by atoms with van der Waals surface area (Å²) in [6, 6.07) is 1.82. The first-order valence-electron chi connectivity index (χ1n) is 7.25. The van der Waals surface area contributed by atoms with Gasteiger partial charge < -0.3 is 4.74 Å². The molecule has 5 heteroatoms. The highest BCUT2D eigenvalue weighted by Gasteiger charge is 1.99. The van der Waals surface area contributed by atoms with Gasteiger partial charge in [-0.1, -0.05) is 27.7 Å². The monoisotopic (exact) mass is 281 g/mol. The zero-order valence-electron chi connectivity index (χ0n) is 13.3. The minimum Gasteiger partial charge on any atom is -0.466 e. The van der Waals surface area contributed by atoms with Gasteiger partial charge in [-0.3, -0.25) is 9.79 Å². The largest absolute Gasteiger partial charge is 0.466 e. The molecule has 1 aromatic heterocycles. The average Bonchev–Trinajstić information content (AvgIpc) is 2.52. The van der Waals surface area contributed by atoms with E-state index in [4.69, 9.17) is 4.74 Å². The van der Waals surface area contributed by atoms with Crippen molar-refractivity contribution in [1.82, 2.24) is 10.2 Å². The van der Waals surface area contributed by atoms with Crippen LogP contribution in [0.1, 0.15) is 53.0 Å². The van der Waals surface area contributed by atoms with Gasteiger partial charge in [0.1, 0.15) is 0 Å². The highest BCUT2D eigenvalue weighted by atomic mass is 16.5. The summed E-state index contributed by atoms with van der Waals surface area (Å²) in [5.74, 6) is -0.164. The first-order valence-corrected chi connectivity index (χ1v) is 7.25. The minimum atomic E-state index is -0.164. The maximum Gasteiger partial charge on any atom is 0.305 e. The third kappa shape index (κ3) is 12.7. The van der Waals surface area contributed by atoms with Gasteiger partial charge in [-0.25, -0.2) is 0 Å². The second-order valence-electron chi connectivity index (χ2n) is 3.12. The van der Waals surface area contributed by atoms with Crippen molar-refractivity contribution in [2.75, 3.05) is 13.2 Å². The minimum absolute atomic E-state index is 0.164. The predicted molar refractivity (Wildman–Crippen MR) is 83.1 cm³/mol. The molecule has 0 unspecified atom stereocenters. The van der Waals surface area contributed by atoms with E-state index in [1.807, 2.05) is 33.8 Å². The summed E-state index contributed by atoms with van der Waals surface area (Å²) in [6.45, 7) is 10.8. The average molecular weight is 281 g/mol. The standard InChI is InChI=1S/C11H15N3O2.2C2H6/c1-2-16-11(15)4-3-6-12-8-10-5-7-13-14-9-10;2*1-2/h5,7-9H,2-4,6H2,1H3;2*1-2H3. The maximum atomic E-state index is 11.0. The highest BCUT2D eigenvalue weighted by molar-refractivity contribution is 5.78. The number of carbonyl (C=O) groups excluding carboxylic acids is 1. The van der Waals surface area contributed by atoms with Crippen LogP contribution in [-0.2, 0) is 9.53 Å². The van der Waals surface area contributed by atoms with Crippen molar-refractivity contribution >= 4 is 12.2 Å². The molecule has 0 bridgehead atoms. The molecular formula is C15H27N3O2. The number of aliphatic imine (C=N–C) groups is 1. The Morgan fingerprint density at radius 3 is 2.55 bits per heavy atom. The summed E-state index contributed by atoms with van der Waals surface area (Å²) in [5, 5.41) is 7.38. The Labute approximate surface area is 122 Å². The summed E-state index contributed by atoms with van der Waals surface area (Å²) in [4.78, 5) is 15.2. The Hall–Kier alpha value is -1.78. The molecule has 20 heavy (non-hydrogen) atoms. The molecule has 0 aromatic carbocycles. The molecule has 0 N–H and O–H groups in total. The number of rotatable bonds is 6. The molecular weight excluding hydrogens is 254 g/mol. The molecule has 0 aliphatic heterocycles. The molecule has 1 heterocycles. The summed E-state index contributed by atoms with van der Waals surface area (Å²) in [6.07, 6.45) is 6.09. The smallest absolute Gasteiger partial charge is 0.305 e. The number of ether oxygens (including phenoxy) is 1. The Balaban J connectivity index is 0. The second kappa shape index (κ2) is 17.2. The summed E-state index contributed by atoms with van der Waals surface area (Å²) >= 11 is 0. The van der Waals surface area contributed by atoms with Crippen molar-refractivity contribution in [3.05, 3.63) is 24.0 Å². The van der Waals surface area contributed by atoms with Crippen LogP contribution in [0.25, 0.3) is 0 Å². The first kappa shape index (κ1) is 20.5.